The fraction of sp³-hybridized carbons (Fsp3) is 0.929. The fourth-order valence-corrected chi connectivity index (χ4v) is 2.94. The van der Waals surface area contributed by atoms with E-state index in [-0.39, 0.29) is 0 Å². The maximum atomic E-state index is 11.3. The molecule has 0 N–H and O–H groups in total. The summed E-state index contributed by atoms with van der Waals surface area (Å²) in [5.41, 5.74) is 0. The standard InChI is InChI=1S/C14H26O/c1-3-7-12-8-5-6-9-13(12)10-11-14(15)4-2/h12-13H,3-11H2,1-2H3. The van der Waals surface area contributed by atoms with E-state index in [9.17, 15) is 4.79 Å². The van der Waals surface area contributed by atoms with Crippen LogP contribution in [-0.4, -0.2) is 5.78 Å². The molecule has 1 fully saturated rings. The Morgan fingerprint density at radius 2 is 1.67 bits per heavy atom. The number of rotatable bonds is 6. The van der Waals surface area contributed by atoms with Crippen molar-refractivity contribution < 1.29 is 4.79 Å². The normalized spacial score (nSPS) is 26.5. The van der Waals surface area contributed by atoms with Gasteiger partial charge in [-0.25, -0.2) is 0 Å². The Bertz CT molecular complexity index is 184. The Hall–Kier alpha value is -0.330. The van der Waals surface area contributed by atoms with Gasteiger partial charge in [0.05, 0.1) is 0 Å². The van der Waals surface area contributed by atoms with Crippen LogP contribution in [0.3, 0.4) is 0 Å². The van der Waals surface area contributed by atoms with Gasteiger partial charge < -0.3 is 0 Å². The van der Waals surface area contributed by atoms with Gasteiger partial charge in [-0.1, -0.05) is 52.4 Å². The molecule has 0 spiro atoms. The van der Waals surface area contributed by atoms with Crippen LogP contribution in [0.15, 0.2) is 0 Å². The molecule has 0 aromatic heterocycles. The van der Waals surface area contributed by atoms with E-state index >= 15 is 0 Å². The van der Waals surface area contributed by atoms with E-state index < -0.39 is 0 Å². The second-order valence-electron chi connectivity index (χ2n) is 5.02. The first-order valence-corrected chi connectivity index (χ1v) is 6.79. The van der Waals surface area contributed by atoms with Crippen LogP contribution in [0.25, 0.3) is 0 Å². The summed E-state index contributed by atoms with van der Waals surface area (Å²) in [4.78, 5) is 11.3. The molecule has 2 atom stereocenters. The summed E-state index contributed by atoms with van der Waals surface area (Å²) in [6.45, 7) is 4.26. The number of carbonyl (C=O) groups is 1. The number of ketones is 1. The molecule has 0 amide bonds. The van der Waals surface area contributed by atoms with Crippen molar-refractivity contribution in [2.24, 2.45) is 11.8 Å². The van der Waals surface area contributed by atoms with Crippen LogP contribution in [0.1, 0.15) is 71.6 Å². The SMILES string of the molecule is CCCC1CCCCC1CCC(=O)CC. The molecular formula is C14H26O. The number of hydrogen-bond acceptors (Lipinski definition) is 1. The number of Topliss-reactive ketones (excluding diaryl/α,β-unsaturated/α-hetero) is 1. The minimum atomic E-state index is 0.454. The van der Waals surface area contributed by atoms with E-state index in [1.165, 1.54) is 38.5 Å². The van der Waals surface area contributed by atoms with Crippen LogP contribution < -0.4 is 0 Å². The molecule has 0 heterocycles. The maximum absolute atomic E-state index is 11.3. The van der Waals surface area contributed by atoms with E-state index in [0.717, 1.165) is 31.1 Å². The molecule has 0 radical (unpaired) electrons. The van der Waals surface area contributed by atoms with Gasteiger partial charge in [-0.2, -0.15) is 0 Å². The molecule has 88 valence electrons. The van der Waals surface area contributed by atoms with Crippen molar-refractivity contribution in [1.29, 1.82) is 0 Å². The lowest BCUT2D eigenvalue weighted by molar-refractivity contribution is -0.119. The minimum absolute atomic E-state index is 0.454. The van der Waals surface area contributed by atoms with Crippen molar-refractivity contribution >= 4 is 5.78 Å². The molecule has 1 nitrogen and oxygen atoms in total. The lowest BCUT2D eigenvalue weighted by Gasteiger charge is -2.31. The predicted molar refractivity (Wildman–Crippen MR) is 64.9 cm³/mol. The summed E-state index contributed by atoms with van der Waals surface area (Å²) in [5.74, 6) is 2.23. The minimum Gasteiger partial charge on any atom is -0.300 e. The van der Waals surface area contributed by atoms with Crippen LogP contribution >= 0.6 is 0 Å². The van der Waals surface area contributed by atoms with Crippen LogP contribution in [0.2, 0.25) is 0 Å². The van der Waals surface area contributed by atoms with Gasteiger partial charge in [0.2, 0.25) is 0 Å². The number of hydrogen-bond donors (Lipinski definition) is 0. The summed E-state index contributed by atoms with van der Waals surface area (Å²) in [5, 5.41) is 0. The molecule has 1 aliphatic rings. The van der Waals surface area contributed by atoms with Crippen LogP contribution in [0, 0.1) is 11.8 Å². The topological polar surface area (TPSA) is 17.1 Å². The predicted octanol–water partition coefficient (Wildman–Crippen LogP) is 4.35. The third kappa shape index (κ3) is 4.36. The fourth-order valence-electron chi connectivity index (χ4n) is 2.94. The summed E-state index contributed by atoms with van der Waals surface area (Å²) < 4.78 is 0. The second kappa shape index (κ2) is 7.03. The monoisotopic (exact) mass is 210 g/mol. The van der Waals surface area contributed by atoms with Crippen molar-refractivity contribution in [3.63, 3.8) is 0 Å². The van der Waals surface area contributed by atoms with Crippen LogP contribution in [-0.2, 0) is 4.79 Å². The van der Waals surface area contributed by atoms with Crippen LogP contribution in [0.4, 0.5) is 0 Å². The van der Waals surface area contributed by atoms with Crippen molar-refractivity contribution in [1.82, 2.24) is 0 Å². The summed E-state index contributed by atoms with van der Waals surface area (Å²) >= 11 is 0. The molecule has 0 bridgehead atoms. The Morgan fingerprint density at radius 3 is 2.20 bits per heavy atom. The van der Waals surface area contributed by atoms with E-state index in [1.54, 1.807) is 0 Å². The van der Waals surface area contributed by atoms with E-state index in [0.29, 0.717) is 5.78 Å². The highest BCUT2D eigenvalue weighted by Crippen LogP contribution is 2.35. The summed E-state index contributed by atoms with van der Waals surface area (Å²) in [7, 11) is 0. The van der Waals surface area contributed by atoms with E-state index in [2.05, 4.69) is 6.92 Å². The Labute approximate surface area is 94.6 Å². The van der Waals surface area contributed by atoms with Crippen molar-refractivity contribution in [3.8, 4) is 0 Å². The summed E-state index contributed by atoms with van der Waals surface area (Å²) in [6, 6.07) is 0. The van der Waals surface area contributed by atoms with E-state index in [1.807, 2.05) is 6.92 Å². The largest absolute Gasteiger partial charge is 0.300 e. The van der Waals surface area contributed by atoms with Gasteiger partial charge in [-0.15, -0.1) is 0 Å². The Morgan fingerprint density at radius 1 is 1.07 bits per heavy atom. The second-order valence-corrected chi connectivity index (χ2v) is 5.02. The van der Waals surface area contributed by atoms with Gasteiger partial charge >= 0.3 is 0 Å². The lowest BCUT2D eigenvalue weighted by atomic mass is 9.74. The third-order valence-corrected chi connectivity index (χ3v) is 3.91. The number of carbonyl (C=O) groups excluding carboxylic acids is 1. The molecule has 0 aromatic rings. The molecule has 15 heavy (non-hydrogen) atoms. The zero-order valence-corrected chi connectivity index (χ0v) is 10.4. The first-order chi connectivity index (χ1) is 7.27. The molecule has 1 saturated carbocycles. The first-order valence-electron chi connectivity index (χ1n) is 6.79. The molecule has 1 rings (SSSR count). The van der Waals surface area contributed by atoms with Gasteiger partial charge in [-0.05, 0) is 18.3 Å². The van der Waals surface area contributed by atoms with Gasteiger partial charge in [-0.3, -0.25) is 4.79 Å². The zero-order chi connectivity index (χ0) is 11.1. The quantitative estimate of drug-likeness (QED) is 0.637. The van der Waals surface area contributed by atoms with Crippen molar-refractivity contribution in [3.05, 3.63) is 0 Å². The average molecular weight is 210 g/mol. The zero-order valence-electron chi connectivity index (χ0n) is 10.4. The average Bonchev–Trinajstić information content (AvgIpc) is 2.28. The first kappa shape index (κ1) is 12.7. The lowest BCUT2D eigenvalue weighted by Crippen LogP contribution is -2.20. The van der Waals surface area contributed by atoms with Gasteiger partial charge in [0, 0.05) is 12.8 Å². The molecule has 0 aliphatic heterocycles. The highest BCUT2D eigenvalue weighted by Gasteiger charge is 2.24. The van der Waals surface area contributed by atoms with Gasteiger partial charge in [0.15, 0.2) is 0 Å². The summed E-state index contributed by atoms with van der Waals surface area (Å²) in [6.07, 6.45) is 11.0. The van der Waals surface area contributed by atoms with Crippen molar-refractivity contribution in [2.75, 3.05) is 0 Å². The van der Waals surface area contributed by atoms with Gasteiger partial charge in [0.1, 0.15) is 5.78 Å². The molecule has 0 saturated heterocycles. The van der Waals surface area contributed by atoms with Gasteiger partial charge in [0.25, 0.3) is 0 Å². The van der Waals surface area contributed by atoms with Crippen LogP contribution in [0.5, 0.6) is 0 Å². The molecule has 1 heteroatoms. The molecular weight excluding hydrogens is 184 g/mol. The Balaban J connectivity index is 2.32. The highest BCUT2D eigenvalue weighted by molar-refractivity contribution is 5.77. The maximum Gasteiger partial charge on any atom is 0.132 e. The Kier molecular flexibility index (Phi) is 5.97. The highest BCUT2D eigenvalue weighted by atomic mass is 16.1. The van der Waals surface area contributed by atoms with Crippen molar-refractivity contribution in [2.45, 2.75) is 71.6 Å². The molecule has 1 aliphatic carbocycles. The van der Waals surface area contributed by atoms with E-state index in [4.69, 9.17) is 0 Å². The molecule has 2 unspecified atom stereocenters. The molecule has 0 aromatic carbocycles. The third-order valence-electron chi connectivity index (χ3n) is 3.91. The smallest absolute Gasteiger partial charge is 0.132 e.